The summed E-state index contributed by atoms with van der Waals surface area (Å²) in [5, 5.41) is 3.31. The number of nitrogens with one attached hydrogen (secondary N) is 1. The molecular formula is C12H22N2OS. The first-order valence-electron chi connectivity index (χ1n) is 6.31. The van der Waals surface area contributed by atoms with Crippen molar-refractivity contribution in [3.05, 3.63) is 0 Å². The summed E-state index contributed by atoms with van der Waals surface area (Å²) in [6, 6.07) is 0.436. The Bertz CT molecular complexity index is 235. The Kier molecular flexibility index (Phi) is 4.53. The van der Waals surface area contributed by atoms with Crippen LogP contribution in [0.25, 0.3) is 0 Å². The van der Waals surface area contributed by atoms with E-state index in [1.165, 1.54) is 24.3 Å². The second kappa shape index (κ2) is 5.92. The first-order valence-corrected chi connectivity index (χ1v) is 7.47. The quantitative estimate of drug-likeness (QED) is 0.810. The fourth-order valence-electron chi connectivity index (χ4n) is 2.52. The van der Waals surface area contributed by atoms with Gasteiger partial charge in [0.15, 0.2) is 0 Å². The van der Waals surface area contributed by atoms with Gasteiger partial charge in [0.2, 0.25) is 5.91 Å². The van der Waals surface area contributed by atoms with E-state index in [0.29, 0.717) is 17.9 Å². The summed E-state index contributed by atoms with van der Waals surface area (Å²) in [6.45, 7) is 2.03. The second-order valence-corrected chi connectivity index (χ2v) is 6.14. The van der Waals surface area contributed by atoms with E-state index in [0.717, 1.165) is 25.9 Å². The number of hydrogen-bond donors (Lipinski definition) is 1. The zero-order valence-electron chi connectivity index (χ0n) is 10.1. The molecule has 2 fully saturated rings. The maximum Gasteiger partial charge on any atom is 0.222 e. The van der Waals surface area contributed by atoms with Crippen molar-refractivity contribution in [1.82, 2.24) is 10.2 Å². The van der Waals surface area contributed by atoms with Gasteiger partial charge >= 0.3 is 0 Å². The molecule has 2 aliphatic rings. The fourth-order valence-corrected chi connectivity index (χ4v) is 3.72. The summed E-state index contributed by atoms with van der Waals surface area (Å²) < 4.78 is 0. The minimum absolute atomic E-state index is 0.352. The molecular weight excluding hydrogens is 220 g/mol. The van der Waals surface area contributed by atoms with Gasteiger partial charge in [-0.3, -0.25) is 4.79 Å². The van der Waals surface area contributed by atoms with Crippen LogP contribution >= 0.6 is 11.8 Å². The molecule has 2 rings (SSSR count). The zero-order chi connectivity index (χ0) is 11.4. The van der Waals surface area contributed by atoms with Crippen molar-refractivity contribution < 1.29 is 4.79 Å². The number of likely N-dealkylation sites (N-methyl/N-ethyl adjacent to an activating group) is 1. The Hall–Kier alpha value is -0.220. The van der Waals surface area contributed by atoms with Crippen molar-refractivity contribution in [3.63, 3.8) is 0 Å². The van der Waals surface area contributed by atoms with Crippen LogP contribution in [0.5, 0.6) is 0 Å². The van der Waals surface area contributed by atoms with Crippen LogP contribution < -0.4 is 5.32 Å². The number of nitrogens with zero attached hydrogens (tertiary/aromatic N) is 1. The van der Waals surface area contributed by atoms with Gasteiger partial charge in [-0.1, -0.05) is 0 Å². The van der Waals surface area contributed by atoms with Crippen LogP contribution in [0.15, 0.2) is 0 Å². The van der Waals surface area contributed by atoms with E-state index in [1.54, 1.807) is 0 Å². The summed E-state index contributed by atoms with van der Waals surface area (Å²) in [5.41, 5.74) is 0. The van der Waals surface area contributed by atoms with Crippen LogP contribution in [-0.4, -0.2) is 48.5 Å². The molecule has 4 heteroatoms. The topological polar surface area (TPSA) is 32.3 Å². The van der Waals surface area contributed by atoms with Gasteiger partial charge in [0.05, 0.1) is 0 Å². The number of thioether (sulfide) groups is 1. The average Bonchev–Trinajstić information content (AvgIpc) is 2.83. The van der Waals surface area contributed by atoms with Gasteiger partial charge < -0.3 is 10.2 Å². The Morgan fingerprint density at radius 1 is 1.38 bits per heavy atom. The van der Waals surface area contributed by atoms with Crippen molar-refractivity contribution in [2.45, 2.75) is 31.7 Å². The molecule has 0 aromatic heterocycles. The molecule has 92 valence electrons. The molecule has 0 aromatic carbocycles. The summed E-state index contributed by atoms with van der Waals surface area (Å²) in [7, 11) is 1.97. The predicted octanol–water partition coefficient (Wildman–Crippen LogP) is 1.34. The van der Waals surface area contributed by atoms with E-state index < -0.39 is 0 Å². The van der Waals surface area contributed by atoms with Gasteiger partial charge in [-0.2, -0.15) is 11.8 Å². The van der Waals surface area contributed by atoms with Crippen LogP contribution in [0, 0.1) is 5.92 Å². The minimum atomic E-state index is 0.352. The normalized spacial score (nSPS) is 26.9. The third-order valence-electron chi connectivity index (χ3n) is 3.78. The SMILES string of the molecule is CN(C(=O)CC1CCSCC1)C1CCNC1. The van der Waals surface area contributed by atoms with E-state index >= 15 is 0 Å². The van der Waals surface area contributed by atoms with Crippen LogP contribution in [0.4, 0.5) is 0 Å². The summed E-state index contributed by atoms with van der Waals surface area (Å²) >= 11 is 2.02. The largest absolute Gasteiger partial charge is 0.341 e. The Morgan fingerprint density at radius 2 is 2.12 bits per heavy atom. The van der Waals surface area contributed by atoms with E-state index in [4.69, 9.17) is 0 Å². The summed E-state index contributed by atoms with van der Waals surface area (Å²) in [5.74, 6) is 3.48. The highest BCUT2D eigenvalue weighted by atomic mass is 32.2. The molecule has 2 aliphatic heterocycles. The molecule has 2 saturated heterocycles. The van der Waals surface area contributed by atoms with E-state index in [2.05, 4.69) is 5.32 Å². The summed E-state index contributed by atoms with van der Waals surface area (Å²) in [6.07, 6.45) is 4.34. The molecule has 1 atom stereocenters. The first-order chi connectivity index (χ1) is 7.77. The summed E-state index contributed by atoms with van der Waals surface area (Å²) in [4.78, 5) is 14.1. The van der Waals surface area contributed by atoms with Gasteiger partial charge in [-0.25, -0.2) is 0 Å². The molecule has 2 heterocycles. The van der Waals surface area contributed by atoms with Crippen molar-refractivity contribution in [3.8, 4) is 0 Å². The average molecular weight is 242 g/mol. The number of carbonyl (C=O) groups is 1. The van der Waals surface area contributed by atoms with E-state index in [1.807, 2.05) is 23.7 Å². The first kappa shape index (κ1) is 12.2. The van der Waals surface area contributed by atoms with Crippen molar-refractivity contribution >= 4 is 17.7 Å². The molecule has 0 aromatic rings. The Labute approximate surface area is 102 Å². The fraction of sp³-hybridized carbons (Fsp3) is 0.917. The van der Waals surface area contributed by atoms with Crippen LogP contribution in [0.2, 0.25) is 0 Å². The molecule has 3 nitrogen and oxygen atoms in total. The van der Waals surface area contributed by atoms with E-state index in [9.17, 15) is 4.79 Å². The Balaban J connectivity index is 1.77. The monoisotopic (exact) mass is 242 g/mol. The second-order valence-electron chi connectivity index (χ2n) is 4.91. The van der Waals surface area contributed by atoms with Crippen LogP contribution in [0.1, 0.15) is 25.7 Å². The minimum Gasteiger partial charge on any atom is -0.341 e. The van der Waals surface area contributed by atoms with Crippen LogP contribution in [-0.2, 0) is 4.79 Å². The molecule has 1 amide bonds. The van der Waals surface area contributed by atoms with Crippen molar-refractivity contribution in [2.24, 2.45) is 5.92 Å². The maximum absolute atomic E-state index is 12.1. The molecule has 0 saturated carbocycles. The van der Waals surface area contributed by atoms with Gasteiger partial charge in [-0.15, -0.1) is 0 Å². The maximum atomic E-state index is 12.1. The lowest BCUT2D eigenvalue weighted by molar-refractivity contribution is -0.132. The molecule has 0 aliphatic carbocycles. The molecule has 16 heavy (non-hydrogen) atoms. The van der Waals surface area contributed by atoms with Gasteiger partial charge in [0.25, 0.3) is 0 Å². The molecule has 1 unspecified atom stereocenters. The lowest BCUT2D eigenvalue weighted by Gasteiger charge is -2.27. The number of carbonyl (C=O) groups excluding carboxylic acids is 1. The highest BCUT2D eigenvalue weighted by Gasteiger charge is 2.25. The molecule has 0 radical (unpaired) electrons. The van der Waals surface area contributed by atoms with Crippen molar-refractivity contribution in [1.29, 1.82) is 0 Å². The smallest absolute Gasteiger partial charge is 0.222 e. The number of amides is 1. The third kappa shape index (κ3) is 3.14. The highest BCUT2D eigenvalue weighted by Crippen LogP contribution is 2.26. The lowest BCUT2D eigenvalue weighted by atomic mass is 9.98. The predicted molar refractivity (Wildman–Crippen MR) is 68.7 cm³/mol. The number of rotatable bonds is 3. The number of hydrogen-bond acceptors (Lipinski definition) is 3. The lowest BCUT2D eigenvalue weighted by Crippen LogP contribution is -2.39. The highest BCUT2D eigenvalue weighted by molar-refractivity contribution is 7.99. The van der Waals surface area contributed by atoms with Gasteiger partial charge in [0.1, 0.15) is 0 Å². The van der Waals surface area contributed by atoms with E-state index in [-0.39, 0.29) is 0 Å². The van der Waals surface area contributed by atoms with Gasteiger partial charge in [-0.05, 0) is 43.2 Å². The zero-order valence-corrected chi connectivity index (χ0v) is 10.9. The Morgan fingerprint density at radius 3 is 2.75 bits per heavy atom. The third-order valence-corrected chi connectivity index (χ3v) is 4.83. The van der Waals surface area contributed by atoms with Crippen molar-refractivity contribution in [2.75, 3.05) is 31.6 Å². The molecule has 0 bridgehead atoms. The molecule has 0 spiro atoms. The van der Waals surface area contributed by atoms with Gasteiger partial charge in [0, 0.05) is 26.1 Å². The van der Waals surface area contributed by atoms with Crippen LogP contribution in [0.3, 0.4) is 0 Å². The molecule has 1 N–H and O–H groups in total. The standard InChI is InChI=1S/C12H22N2OS/c1-14(11-2-5-13-9-11)12(15)8-10-3-6-16-7-4-10/h10-11,13H,2-9H2,1H3.